The SMILES string of the molecule is O=S(=O)(N(CCC/C=C/I)Cc1ccccc1)C(F)(F)F. The number of hydrogen-bond donors (Lipinski definition) is 0. The molecule has 0 amide bonds. The van der Waals surface area contributed by atoms with Crippen LogP contribution in [0.3, 0.4) is 0 Å². The zero-order chi connectivity index (χ0) is 15.9. The van der Waals surface area contributed by atoms with Gasteiger partial charge in [-0.05, 0) is 22.5 Å². The number of sulfonamides is 1. The van der Waals surface area contributed by atoms with Crippen molar-refractivity contribution in [2.24, 2.45) is 0 Å². The molecule has 8 heteroatoms. The summed E-state index contributed by atoms with van der Waals surface area (Å²) in [6.07, 6.45) is 2.64. The lowest BCUT2D eigenvalue weighted by Crippen LogP contribution is -2.40. The van der Waals surface area contributed by atoms with Gasteiger partial charge in [0.1, 0.15) is 0 Å². The Bertz CT molecular complexity index is 559. The predicted molar refractivity (Wildman–Crippen MR) is 84.2 cm³/mol. The second-order valence-electron chi connectivity index (χ2n) is 4.27. The molecular weight excluding hydrogens is 418 g/mol. The molecule has 0 saturated heterocycles. The summed E-state index contributed by atoms with van der Waals surface area (Å²) in [6.45, 7) is -0.450. The normalized spacial score (nSPS) is 13.2. The zero-order valence-corrected chi connectivity index (χ0v) is 14.0. The van der Waals surface area contributed by atoms with E-state index in [2.05, 4.69) is 0 Å². The van der Waals surface area contributed by atoms with Crippen LogP contribution < -0.4 is 0 Å². The molecule has 0 atom stereocenters. The first-order valence-electron chi connectivity index (χ1n) is 6.14. The van der Waals surface area contributed by atoms with Gasteiger partial charge in [0.15, 0.2) is 0 Å². The van der Waals surface area contributed by atoms with Gasteiger partial charge in [-0.25, -0.2) is 8.42 Å². The average Bonchev–Trinajstić information content (AvgIpc) is 2.42. The van der Waals surface area contributed by atoms with Gasteiger partial charge in [-0.1, -0.05) is 59.0 Å². The standard InChI is InChI=1S/C13H15F3INO2S/c14-13(15,16)21(19,20)18(10-6-2-5-9-17)11-12-7-3-1-4-8-12/h1,3-5,7-9H,2,6,10-11H2/b9-5+. The maximum Gasteiger partial charge on any atom is 0.511 e. The van der Waals surface area contributed by atoms with Gasteiger partial charge in [-0.3, -0.25) is 0 Å². The third-order valence-electron chi connectivity index (χ3n) is 2.70. The van der Waals surface area contributed by atoms with Crippen molar-refractivity contribution in [2.45, 2.75) is 24.9 Å². The van der Waals surface area contributed by atoms with Gasteiger partial charge >= 0.3 is 15.5 Å². The van der Waals surface area contributed by atoms with Gasteiger partial charge in [0, 0.05) is 13.1 Å². The van der Waals surface area contributed by atoms with Crippen LogP contribution in [0.1, 0.15) is 18.4 Å². The molecule has 1 rings (SSSR count). The molecule has 0 aromatic heterocycles. The smallest absolute Gasteiger partial charge is 0.203 e. The van der Waals surface area contributed by atoms with Crippen molar-refractivity contribution >= 4 is 32.6 Å². The Kier molecular flexibility index (Phi) is 7.14. The van der Waals surface area contributed by atoms with Crippen molar-refractivity contribution in [1.29, 1.82) is 0 Å². The van der Waals surface area contributed by atoms with Crippen LogP contribution in [0.5, 0.6) is 0 Å². The minimum Gasteiger partial charge on any atom is -0.203 e. The fourth-order valence-electron chi connectivity index (χ4n) is 1.67. The minimum absolute atomic E-state index is 0.169. The summed E-state index contributed by atoms with van der Waals surface area (Å²) < 4.78 is 63.6. The van der Waals surface area contributed by atoms with Gasteiger partial charge in [0.05, 0.1) is 0 Å². The fraction of sp³-hybridized carbons (Fsp3) is 0.385. The third kappa shape index (κ3) is 5.59. The van der Waals surface area contributed by atoms with Crippen molar-refractivity contribution in [1.82, 2.24) is 4.31 Å². The van der Waals surface area contributed by atoms with Crippen LogP contribution in [0.15, 0.2) is 40.5 Å². The molecule has 0 spiro atoms. The van der Waals surface area contributed by atoms with Crippen molar-refractivity contribution in [3.8, 4) is 0 Å². The quantitative estimate of drug-likeness (QED) is 0.481. The highest BCUT2D eigenvalue weighted by atomic mass is 127. The van der Waals surface area contributed by atoms with Crippen LogP contribution in [-0.2, 0) is 16.6 Å². The summed E-state index contributed by atoms with van der Waals surface area (Å²) in [7, 11) is -5.32. The van der Waals surface area contributed by atoms with Crippen molar-refractivity contribution < 1.29 is 21.6 Å². The lowest BCUT2D eigenvalue weighted by molar-refractivity contribution is -0.0491. The molecule has 0 fully saturated rings. The van der Waals surface area contributed by atoms with E-state index in [0.717, 1.165) is 0 Å². The largest absolute Gasteiger partial charge is 0.511 e. The Labute approximate surface area is 136 Å². The number of unbranched alkanes of at least 4 members (excludes halogenated alkanes) is 1. The molecule has 0 aliphatic rings. The first-order chi connectivity index (χ1) is 9.79. The molecule has 0 aliphatic carbocycles. The number of benzene rings is 1. The first kappa shape index (κ1) is 18.4. The van der Waals surface area contributed by atoms with Crippen LogP contribution in [0.2, 0.25) is 0 Å². The molecular formula is C13H15F3INO2S. The molecule has 0 radical (unpaired) electrons. The first-order valence-corrected chi connectivity index (χ1v) is 8.83. The van der Waals surface area contributed by atoms with Crippen LogP contribution in [0.4, 0.5) is 13.2 Å². The van der Waals surface area contributed by atoms with Gasteiger partial charge in [-0.2, -0.15) is 17.5 Å². The second-order valence-corrected chi connectivity index (χ2v) is 6.92. The molecule has 118 valence electrons. The monoisotopic (exact) mass is 433 g/mol. The van der Waals surface area contributed by atoms with Gasteiger partial charge in [-0.15, -0.1) is 0 Å². The van der Waals surface area contributed by atoms with Gasteiger partial charge in [0.2, 0.25) is 0 Å². The van der Waals surface area contributed by atoms with E-state index in [4.69, 9.17) is 0 Å². The molecule has 0 bridgehead atoms. The number of halogens is 4. The highest BCUT2D eigenvalue weighted by Gasteiger charge is 2.49. The molecule has 1 aromatic carbocycles. The Morgan fingerprint density at radius 3 is 2.33 bits per heavy atom. The van der Waals surface area contributed by atoms with E-state index < -0.39 is 15.5 Å². The number of allylic oxidation sites excluding steroid dienone is 1. The Morgan fingerprint density at radius 1 is 1.19 bits per heavy atom. The van der Waals surface area contributed by atoms with Gasteiger partial charge in [0.25, 0.3) is 0 Å². The van der Waals surface area contributed by atoms with E-state index in [9.17, 15) is 21.6 Å². The van der Waals surface area contributed by atoms with Gasteiger partial charge < -0.3 is 0 Å². The summed E-state index contributed by atoms with van der Waals surface area (Å²) in [5.41, 5.74) is -4.75. The summed E-state index contributed by atoms with van der Waals surface area (Å²) in [5.74, 6) is 0. The van der Waals surface area contributed by atoms with Crippen molar-refractivity contribution in [3.05, 3.63) is 46.1 Å². The lowest BCUT2D eigenvalue weighted by Gasteiger charge is -2.23. The summed E-state index contributed by atoms with van der Waals surface area (Å²) in [4.78, 5) is 0. The maximum atomic E-state index is 12.7. The van der Waals surface area contributed by atoms with Crippen molar-refractivity contribution in [2.75, 3.05) is 6.54 Å². The molecule has 0 aliphatic heterocycles. The number of nitrogens with zero attached hydrogens (tertiary/aromatic N) is 1. The molecule has 0 N–H and O–H groups in total. The Morgan fingerprint density at radius 2 is 1.81 bits per heavy atom. The number of alkyl halides is 3. The predicted octanol–water partition coefficient (Wildman–Crippen LogP) is 4.07. The number of hydrogen-bond acceptors (Lipinski definition) is 2. The molecule has 0 unspecified atom stereocenters. The molecule has 0 saturated carbocycles. The summed E-state index contributed by atoms with van der Waals surface area (Å²) >= 11 is 2.00. The van der Waals surface area contributed by atoms with E-state index in [1.807, 2.05) is 22.6 Å². The molecule has 0 heterocycles. The van der Waals surface area contributed by atoms with Crippen LogP contribution in [0, 0.1) is 0 Å². The van der Waals surface area contributed by atoms with Crippen LogP contribution >= 0.6 is 22.6 Å². The lowest BCUT2D eigenvalue weighted by atomic mass is 10.2. The fourth-order valence-corrected chi connectivity index (χ4v) is 3.01. The highest BCUT2D eigenvalue weighted by Crippen LogP contribution is 2.28. The van der Waals surface area contributed by atoms with E-state index >= 15 is 0 Å². The second kappa shape index (κ2) is 8.14. The topological polar surface area (TPSA) is 37.4 Å². The zero-order valence-electron chi connectivity index (χ0n) is 11.1. The average molecular weight is 433 g/mol. The summed E-state index contributed by atoms with van der Waals surface area (Å²) in [6, 6.07) is 8.24. The molecule has 3 nitrogen and oxygen atoms in total. The van der Waals surface area contributed by atoms with Crippen molar-refractivity contribution in [3.63, 3.8) is 0 Å². The van der Waals surface area contributed by atoms with E-state index in [0.29, 0.717) is 22.7 Å². The number of rotatable bonds is 7. The third-order valence-corrected chi connectivity index (χ3v) is 4.79. The molecule has 21 heavy (non-hydrogen) atoms. The maximum absolute atomic E-state index is 12.7. The van der Waals surface area contributed by atoms with E-state index in [-0.39, 0.29) is 13.1 Å². The van der Waals surface area contributed by atoms with E-state index in [1.54, 1.807) is 40.5 Å². The Balaban J connectivity index is 2.90. The van der Waals surface area contributed by atoms with E-state index in [1.165, 1.54) is 0 Å². The van der Waals surface area contributed by atoms with Crippen LogP contribution in [-0.4, -0.2) is 24.8 Å². The van der Waals surface area contributed by atoms with Crippen LogP contribution in [0.25, 0.3) is 0 Å². The molecule has 1 aromatic rings. The minimum atomic E-state index is -5.32. The summed E-state index contributed by atoms with van der Waals surface area (Å²) in [5, 5.41) is 0. The Hall–Kier alpha value is -0.610. The highest BCUT2D eigenvalue weighted by molar-refractivity contribution is 14.1.